The molecule has 0 spiro atoms. The van der Waals surface area contributed by atoms with E-state index in [1.165, 1.54) is 0 Å². The minimum absolute atomic E-state index is 0.122. The van der Waals surface area contributed by atoms with E-state index in [9.17, 15) is 4.79 Å². The number of ketones is 1. The third-order valence-electron chi connectivity index (χ3n) is 4.35. The second-order valence-electron chi connectivity index (χ2n) is 6.76. The lowest BCUT2D eigenvalue weighted by Crippen LogP contribution is -2.35. The van der Waals surface area contributed by atoms with Gasteiger partial charge >= 0.3 is 0 Å². The van der Waals surface area contributed by atoms with Crippen LogP contribution in [-0.4, -0.2) is 11.4 Å². The first kappa shape index (κ1) is 15.0. The highest BCUT2D eigenvalue weighted by Crippen LogP contribution is 2.44. The normalized spacial score (nSPS) is 26.8. The van der Waals surface area contributed by atoms with Crippen LogP contribution in [0.25, 0.3) is 0 Å². The fourth-order valence-electron chi connectivity index (χ4n) is 2.74. The van der Waals surface area contributed by atoms with Crippen molar-refractivity contribution < 1.29 is 9.53 Å². The lowest BCUT2D eigenvalue weighted by molar-refractivity contribution is -0.135. The Bertz CT molecular complexity index is 484. The number of hydrogen-bond acceptors (Lipinski definition) is 2. The van der Waals surface area contributed by atoms with Crippen LogP contribution in [-0.2, 0) is 16.1 Å². The highest BCUT2D eigenvalue weighted by molar-refractivity contribution is 5.91. The summed E-state index contributed by atoms with van der Waals surface area (Å²) in [5, 5.41) is 0. The maximum Gasteiger partial charge on any atom is 0.168 e. The SMILES string of the molecule is C=C[C@]1(OCc2ccccc2)C[C@H](C(C)(C)C)CC1=O. The van der Waals surface area contributed by atoms with Crippen molar-refractivity contribution in [3.8, 4) is 0 Å². The number of ether oxygens (including phenoxy) is 1. The highest BCUT2D eigenvalue weighted by atomic mass is 16.5. The average molecular weight is 272 g/mol. The van der Waals surface area contributed by atoms with Crippen LogP contribution in [0.15, 0.2) is 43.0 Å². The van der Waals surface area contributed by atoms with E-state index in [2.05, 4.69) is 27.4 Å². The fraction of sp³-hybridized carbons (Fsp3) is 0.500. The predicted molar refractivity (Wildman–Crippen MR) is 81.3 cm³/mol. The number of benzene rings is 1. The van der Waals surface area contributed by atoms with E-state index in [1.54, 1.807) is 6.08 Å². The number of carbonyl (C=O) groups excluding carboxylic acids is 1. The van der Waals surface area contributed by atoms with Gasteiger partial charge in [-0.1, -0.05) is 63.8 Å². The fourth-order valence-corrected chi connectivity index (χ4v) is 2.74. The van der Waals surface area contributed by atoms with Crippen molar-refractivity contribution in [2.45, 2.75) is 45.8 Å². The van der Waals surface area contributed by atoms with Gasteiger partial charge in [0.1, 0.15) is 5.60 Å². The van der Waals surface area contributed by atoms with E-state index in [4.69, 9.17) is 4.74 Å². The zero-order chi connectivity index (χ0) is 14.8. The van der Waals surface area contributed by atoms with E-state index >= 15 is 0 Å². The third-order valence-corrected chi connectivity index (χ3v) is 4.35. The number of rotatable bonds is 4. The van der Waals surface area contributed by atoms with Gasteiger partial charge in [-0.05, 0) is 23.3 Å². The van der Waals surface area contributed by atoms with Gasteiger partial charge in [-0.15, -0.1) is 0 Å². The van der Waals surface area contributed by atoms with Gasteiger partial charge in [0.25, 0.3) is 0 Å². The molecule has 0 bridgehead atoms. The Morgan fingerprint density at radius 1 is 1.35 bits per heavy atom. The Hall–Kier alpha value is -1.41. The maximum absolute atomic E-state index is 12.4. The molecule has 2 heteroatoms. The molecule has 0 saturated heterocycles. The summed E-state index contributed by atoms with van der Waals surface area (Å²) >= 11 is 0. The quantitative estimate of drug-likeness (QED) is 0.770. The molecule has 0 aromatic heterocycles. The predicted octanol–water partition coefficient (Wildman–Crippen LogP) is 4.15. The zero-order valence-corrected chi connectivity index (χ0v) is 12.7. The summed E-state index contributed by atoms with van der Waals surface area (Å²) in [5.74, 6) is 0.520. The average Bonchev–Trinajstić information content (AvgIpc) is 2.76. The van der Waals surface area contributed by atoms with Gasteiger partial charge in [0.15, 0.2) is 5.78 Å². The second-order valence-corrected chi connectivity index (χ2v) is 6.76. The molecule has 1 aromatic carbocycles. The highest BCUT2D eigenvalue weighted by Gasteiger charge is 2.48. The molecule has 1 fully saturated rings. The van der Waals surface area contributed by atoms with Gasteiger partial charge in [0.05, 0.1) is 6.61 Å². The van der Waals surface area contributed by atoms with Crippen molar-refractivity contribution in [2.24, 2.45) is 11.3 Å². The zero-order valence-electron chi connectivity index (χ0n) is 12.7. The molecule has 108 valence electrons. The summed E-state index contributed by atoms with van der Waals surface area (Å²) in [7, 11) is 0. The van der Waals surface area contributed by atoms with Crippen LogP contribution in [0.4, 0.5) is 0 Å². The van der Waals surface area contributed by atoms with Crippen LogP contribution in [0.5, 0.6) is 0 Å². The van der Waals surface area contributed by atoms with Crippen molar-refractivity contribution in [1.82, 2.24) is 0 Å². The van der Waals surface area contributed by atoms with Crippen molar-refractivity contribution in [3.63, 3.8) is 0 Å². The smallest absolute Gasteiger partial charge is 0.168 e. The van der Waals surface area contributed by atoms with Crippen molar-refractivity contribution in [1.29, 1.82) is 0 Å². The Balaban J connectivity index is 2.10. The minimum Gasteiger partial charge on any atom is -0.358 e. The van der Waals surface area contributed by atoms with Crippen LogP contribution >= 0.6 is 0 Å². The lowest BCUT2D eigenvalue weighted by Gasteiger charge is -2.29. The van der Waals surface area contributed by atoms with E-state index < -0.39 is 5.60 Å². The molecule has 20 heavy (non-hydrogen) atoms. The van der Waals surface area contributed by atoms with Crippen LogP contribution in [0, 0.1) is 11.3 Å². The Morgan fingerprint density at radius 2 is 2.00 bits per heavy atom. The van der Waals surface area contributed by atoms with E-state index in [0.29, 0.717) is 18.9 Å². The van der Waals surface area contributed by atoms with Crippen LogP contribution in [0.3, 0.4) is 0 Å². The molecule has 0 unspecified atom stereocenters. The molecular formula is C18H24O2. The van der Waals surface area contributed by atoms with Gasteiger partial charge in [0, 0.05) is 6.42 Å². The molecule has 1 aliphatic carbocycles. The van der Waals surface area contributed by atoms with E-state index in [0.717, 1.165) is 12.0 Å². The van der Waals surface area contributed by atoms with Crippen molar-refractivity contribution >= 4 is 5.78 Å². The molecule has 0 radical (unpaired) electrons. The molecule has 2 rings (SSSR count). The van der Waals surface area contributed by atoms with Gasteiger partial charge in [0.2, 0.25) is 0 Å². The summed E-state index contributed by atoms with van der Waals surface area (Å²) in [4.78, 5) is 12.4. The summed E-state index contributed by atoms with van der Waals surface area (Å²) in [5.41, 5.74) is 0.408. The molecule has 1 saturated carbocycles. The molecule has 2 atom stereocenters. The van der Waals surface area contributed by atoms with E-state index in [1.807, 2.05) is 30.3 Å². The number of carbonyl (C=O) groups is 1. The summed E-state index contributed by atoms with van der Waals surface area (Å²) < 4.78 is 6.00. The second kappa shape index (κ2) is 5.53. The van der Waals surface area contributed by atoms with Gasteiger partial charge < -0.3 is 4.74 Å². The Kier molecular flexibility index (Phi) is 4.14. The lowest BCUT2D eigenvalue weighted by atomic mass is 9.79. The van der Waals surface area contributed by atoms with Crippen molar-refractivity contribution in [2.75, 3.05) is 0 Å². The Morgan fingerprint density at radius 3 is 2.50 bits per heavy atom. The number of Topliss-reactive ketones (excluding diaryl/α,β-unsaturated/α-hetero) is 1. The molecule has 1 aromatic rings. The molecule has 0 amide bonds. The molecule has 0 heterocycles. The molecule has 2 nitrogen and oxygen atoms in total. The monoisotopic (exact) mass is 272 g/mol. The van der Waals surface area contributed by atoms with Gasteiger partial charge in [-0.3, -0.25) is 4.79 Å². The first-order chi connectivity index (χ1) is 9.37. The van der Waals surface area contributed by atoms with Gasteiger partial charge in [-0.25, -0.2) is 0 Å². The molecule has 0 N–H and O–H groups in total. The van der Waals surface area contributed by atoms with Crippen LogP contribution in [0.1, 0.15) is 39.2 Å². The van der Waals surface area contributed by atoms with Gasteiger partial charge in [-0.2, -0.15) is 0 Å². The van der Waals surface area contributed by atoms with Crippen LogP contribution in [0.2, 0.25) is 0 Å². The number of hydrogen-bond donors (Lipinski definition) is 0. The Labute approximate surface area is 121 Å². The minimum atomic E-state index is -0.798. The molecular weight excluding hydrogens is 248 g/mol. The summed E-state index contributed by atoms with van der Waals surface area (Å²) in [6.45, 7) is 10.8. The topological polar surface area (TPSA) is 26.3 Å². The van der Waals surface area contributed by atoms with E-state index in [-0.39, 0.29) is 11.2 Å². The molecule has 0 aliphatic heterocycles. The summed E-state index contributed by atoms with van der Waals surface area (Å²) in [6, 6.07) is 9.96. The first-order valence-corrected chi connectivity index (χ1v) is 7.22. The maximum atomic E-state index is 12.4. The standard InChI is InChI=1S/C18H24O2/c1-5-18(20-13-14-9-7-6-8-10-14)12-15(11-16(18)19)17(2,3)4/h5-10,15H,1,11-13H2,2-4H3/t15-,18+/m1/s1. The summed E-state index contributed by atoms with van der Waals surface area (Å²) in [6.07, 6.45) is 3.03. The third kappa shape index (κ3) is 3.01. The van der Waals surface area contributed by atoms with Crippen molar-refractivity contribution in [3.05, 3.63) is 48.6 Å². The van der Waals surface area contributed by atoms with Crippen LogP contribution < -0.4 is 0 Å². The largest absolute Gasteiger partial charge is 0.358 e. The first-order valence-electron chi connectivity index (χ1n) is 7.22. The molecule has 1 aliphatic rings.